The largest absolute Gasteiger partial charge is 0.450 e. The Kier molecular flexibility index (Phi) is 5.64. The number of ether oxygens (including phenoxy) is 1. The fraction of sp³-hybridized carbons (Fsp3) is 0.476. The fourth-order valence-corrected chi connectivity index (χ4v) is 6.07. The molecular weight excluding hydrogens is 410 g/mol. The summed E-state index contributed by atoms with van der Waals surface area (Å²) in [5, 5.41) is 0.347. The van der Waals surface area contributed by atoms with E-state index in [1.165, 1.54) is 0 Å². The van der Waals surface area contributed by atoms with Crippen molar-refractivity contribution < 1.29 is 27.2 Å². The molecule has 1 saturated heterocycles. The normalized spacial score (nSPS) is 21.0. The Bertz CT molecular complexity index is 1130. The van der Waals surface area contributed by atoms with E-state index in [9.17, 15) is 22.8 Å². The van der Waals surface area contributed by atoms with Crippen LogP contribution in [0.15, 0.2) is 39.5 Å². The van der Waals surface area contributed by atoms with Crippen molar-refractivity contribution >= 4 is 32.7 Å². The van der Waals surface area contributed by atoms with Crippen molar-refractivity contribution in [1.82, 2.24) is 4.90 Å². The van der Waals surface area contributed by atoms with Crippen LogP contribution in [0, 0.1) is 0 Å². The third kappa shape index (κ3) is 4.26. The Balaban J connectivity index is 1.48. The summed E-state index contributed by atoms with van der Waals surface area (Å²) in [5.41, 5.74) is -0.120. The van der Waals surface area contributed by atoms with Gasteiger partial charge in [0.2, 0.25) is 5.76 Å². The quantitative estimate of drug-likeness (QED) is 0.662. The van der Waals surface area contributed by atoms with Crippen LogP contribution >= 0.6 is 0 Å². The Morgan fingerprint density at radius 2 is 1.83 bits per heavy atom. The van der Waals surface area contributed by atoms with Crippen LogP contribution in [0.25, 0.3) is 11.0 Å². The molecule has 1 aromatic carbocycles. The number of nitrogens with zero attached hydrogens (tertiary/aromatic N) is 1. The highest BCUT2D eigenvalue weighted by atomic mass is 32.2. The summed E-state index contributed by atoms with van der Waals surface area (Å²) >= 11 is 0. The van der Waals surface area contributed by atoms with Gasteiger partial charge in [-0.15, -0.1) is 0 Å². The minimum atomic E-state index is -3.15. The molecular formula is C21H23NO7S. The molecule has 0 spiro atoms. The Hall–Kier alpha value is -2.68. The van der Waals surface area contributed by atoms with E-state index in [1.54, 1.807) is 29.2 Å². The standard InChI is InChI=1S/C21H23NO7S/c23-17-11-19(29-18-8-4-3-7-16(17)18)21(25)28-12-20(24)22(14-5-1-2-6-14)15-9-10-30(26,27)13-15/h3-4,7-8,11,14-15H,1-2,5-6,9-10,12-13H2/t15-/m1/s1. The van der Waals surface area contributed by atoms with Crippen LogP contribution < -0.4 is 5.43 Å². The first kappa shape index (κ1) is 20.6. The number of amides is 1. The Morgan fingerprint density at radius 1 is 1.10 bits per heavy atom. The van der Waals surface area contributed by atoms with Crippen LogP contribution in [0.4, 0.5) is 0 Å². The molecule has 30 heavy (non-hydrogen) atoms. The third-order valence-electron chi connectivity index (χ3n) is 5.77. The molecule has 160 valence electrons. The van der Waals surface area contributed by atoms with Crippen molar-refractivity contribution in [2.45, 2.75) is 44.2 Å². The number of carbonyl (C=O) groups is 2. The predicted octanol–water partition coefficient (Wildman–Crippen LogP) is 1.91. The van der Waals surface area contributed by atoms with Gasteiger partial charge in [-0.05, 0) is 31.4 Å². The predicted molar refractivity (Wildman–Crippen MR) is 109 cm³/mol. The van der Waals surface area contributed by atoms with Crippen LogP contribution in [0.2, 0.25) is 0 Å². The number of esters is 1. The molecule has 1 aliphatic heterocycles. The van der Waals surface area contributed by atoms with E-state index in [0.29, 0.717) is 11.8 Å². The van der Waals surface area contributed by atoms with Crippen molar-refractivity contribution in [3.8, 4) is 0 Å². The molecule has 1 aliphatic carbocycles. The second-order valence-electron chi connectivity index (χ2n) is 7.84. The second-order valence-corrected chi connectivity index (χ2v) is 10.1. The monoisotopic (exact) mass is 433 g/mol. The van der Waals surface area contributed by atoms with Crippen LogP contribution in [0.1, 0.15) is 42.7 Å². The van der Waals surface area contributed by atoms with Crippen molar-refractivity contribution in [1.29, 1.82) is 0 Å². The van der Waals surface area contributed by atoms with Gasteiger partial charge in [-0.25, -0.2) is 13.2 Å². The smallest absolute Gasteiger partial charge is 0.374 e. The van der Waals surface area contributed by atoms with E-state index in [0.717, 1.165) is 31.7 Å². The lowest BCUT2D eigenvalue weighted by Crippen LogP contribution is -2.48. The molecule has 2 aromatic rings. The third-order valence-corrected chi connectivity index (χ3v) is 7.52. The van der Waals surface area contributed by atoms with Gasteiger partial charge >= 0.3 is 5.97 Å². The summed E-state index contributed by atoms with van der Waals surface area (Å²) in [7, 11) is -3.15. The molecule has 1 atom stereocenters. The van der Waals surface area contributed by atoms with Gasteiger partial charge < -0.3 is 14.1 Å². The number of rotatable bonds is 5. The van der Waals surface area contributed by atoms with E-state index in [1.807, 2.05) is 0 Å². The molecule has 0 radical (unpaired) electrons. The van der Waals surface area contributed by atoms with Gasteiger partial charge in [-0.2, -0.15) is 0 Å². The first-order chi connectivity index (χ1) is 14.3. The summed E-state index contributed by atoms with van der Waals surface area (Å²) < 4.78 is 34.4. The maximum Gasteiger partial charge on any atom is 0.374 e. The zero-order valence-corrected chi connectivity index (χ0v) is 17.2. The molecule has 0 unspecified atom stereocenters. The van der Waals surface area contributed by atoms with Gasteiger partial charge in [0.05, 0.1) is 16.9 Å². The molecule has 1 amide bonds. The second kappa shape index (κ2) is 8.22. The molecule has 0 bridgehead atoms. The minimum Gasteiger partial charge on any atom is -0.450 e. The number of carbonyl (C=O) groups excluding carboxylic acids is 2. The van der Waals surface area contributed by atoms with Gasteiger partial charge in [-0.3, -0.25) is 9.59 Å². The molecule has 4 rings (SSSR count). The first-order valence-corrected chi connectivity index (χ1v) is 11.9. The average molecular weight is 433 g/mol. The highest BCUT2D eigenvalue weighted by molar-refractivity contribution is 7.91. The summed E-state index contributed by atoms with van der Waals surface area (Å²) in [6.45, 7) is -0.525. The lowest BCUT2D eigenvalue weighted by Gasteiger charge is -2.33. The van der Waals surface area contributed by atoms with Crippen LogP contribution in [-0.4, -0.2) is 55.4 Å². The summed E-state index contributed by atoms with van der Waals surface area (Å²) in [6.07, 6.45) is 4.00. The van der Waals surface area contributed by atoms with E-state index >= 15 is 0 Å². The molecule has 9 heteroatoms. The van der Waals surface area contributed by atoms with E-state index in [2.05, 4.69) is 0 Å². The molecule has 8 nitrogen and oxygen atoms in total. The number of hydrogen-bond acceptors (Lipinski definition) is 7. The Morgan fingerprint density at radius 3 is 2.53 bits per heavy atom. The van der Waals surface area contributed by atoms with Crippen LogP contribution in [0.3, 0.4) is 0 Å². The van der Waals surface area contributed by atoms with Gasteiger partial charge in [0.1, 0.15) is 5.58 Å². The fourth-order valence-electron chi connectivity index (χ4n) is 4.36. The number of fused-ring (bicyclic) bond motifs is 1. The summed E-state index contributed by atoms with van der Waals surface area (Å²) in [4.78, 5) is 39.1. The van der Waals surface area contributed by atoms with Crippen molar-refractivity contribution in [3.05, 3.63) is 46.3 Å². The molecule has 2 fully saturated rings. The lowest BCUT2D eigenvalue weighted by atomic mass is 10.1. The summed E-state index contributed by atoms with van der Waals surface area (Å²) in [5.74, 6) is -1.58. The molecule has 1 saturated carbocycles. The summed E-state index contributed by atoms with van der Waals surface area (Å²) in [6, 6.07) is 7.16. The topological polar surface area (TPSA) is 111 Å². The lowest BCUT2D eigenvalue weighted by molar-refractivity contribution is -0.139. The zero-order chi connectivity index (χ0) is 21.3. The van der Waals surface area contributed by atoms with Crippen LogP contribution in [-0.2, 0) is 19.4 Å². The van der Waals surface area contributed by atoms with E-state index in [4.69, 9.17) is 9.15 Å². The zero-order valence-electron chi connectivity index (χ0n) is 16.4. The molecule has 2 aliphatic rings. The van der Waals surface area contributed by atoms with Crippen molar-refractivity contribution in [2.24, 2.45) is 0 Å². The number of sulfone groups is 1. The maximum atomic E-state index is 12.9. The van der Waals surface area contributed by atoms with E-state index in [-0.39, 0.29) is 40.4 Å². The highest BCUT2D eigenvalue weighted by Crippen LogP contribution is 2.29. The van der Waals surface area contributed by atoms with Gasteiger partial charge in [-0.1, -0.05) is 25.0 Å². The number of hydrogen-bond donors (Lipinski definition) is 0. The minimum absolute atomic E-state index is 0.0342. The van der Waals surface area contributed by atoms with Gasteiger partial charge in [0.15, 0.2) is 21.9 Å². The maximum absolute atomic E-state index is 12.9. The van der Waals surface area contributed by atoms with Gasteiger partial charge in [0.25, 0.3) is 5.91 Å². The van der Waals surface area contributed by atoms with Gasteiger partial charge in [0, 0.05) is 18.2 Å². The number of benzene rings is 1. The van der Waals surface area contributed by atoms with E-state index < -0.39 is 28.3 Å². The van der Waals surface area contributed by atoms with Crippen molar-refractivity contribution in [2.75, 3.05) is 18.1 Å². The van der Waals surface area contributed by atoms with Crippen LogP contribution in [0.5, 0.6) is 0 Å². The number of para-hydroxylation sites is 1. The molecule has 0 N–H and O–H groups in total. The Labute approximate surface area is 173 Å². The molecule has 1 aromatic heterocycles. The first-order valence-electron chi connectivity index (χ1n) is 10.1. The highest BCUT2D eigenvalue weighted by Gasteiger charge is 2.39. The molecule has 2 heterocycles. The average Bonchev–Trinajstić information content (AvgIpc) is 3.36. The van der Waals surface area contributed by atoms with Crippen molar-refractivity contribution in [3.63, 3.8) is 0 Å². The SMILES string of the molecule is O=C(OCC(=O)N(C1CCCC1)[C@@H]1CCS(=O)(=O)C1)c1cc(=O)c2ccccc2o1.